The van der Waals surface area contributed by atoms with Crippen molar-refractivity contribution >= 4 is 5.91 Å². The molecule has 0 aromatic heterocycles. The lowest BCUT2D eigenvalue weighted by Gasteiger charge is -2.32. The predicted molar refractivity (Wildman–Crippen MR) is 93.7 cm³/mol. The van der Waals surface area contributed by atoms with Crippen LogP contribution in [0.1, 0.15) is 49.7 Å². The van der Waals surface area contributed by atoms with E-state index in [1.807, 2.05) is 0 Å². The number of carbonyl (C=O) groups excluding carboxylic acids is 1. The van der Waals surface area contributed by atoms with Gasteiger partial charge < -0.3 is 15.4 Å². The molecular weight excluding hydrogens is 345 g/mol. The number of amides is 1. The Labute approximate surface area is 152 Å². The molecule has 0 aliphatic carbocycles. The maximum absolute atomic E-state index is 13.2. The van der Waals surface area contributed by atoms with Crippen molar-refractivity contribution in [3.63, 3.8) is 0 Å². The van der Waals surface area contributed by atoms with Crippen LogP contribution in [0.4, 0.5) is 13.2 Å². The number of carbonyl (C=O) groups is 1. The first-order chi connectivity index (χ1) is 12.3. The van der Waals surface area contributed by atoms with Crippen molar-refractivity contribution in [3.8, 4) is 0 Å². The van der Waals surface area contributed by atoms with E-state index in [1.54, 1.807) is 17.9 Å². The zero-order chi connectivity index (χ0) is 19.2. The zero-order valence-corrected chi connectivity index (χ0v) is 15.1. The van der Waals surface area contributed by atoms with Crippen molar-refractivity contribution in [2.75, 3.05) is 26.2 Å². The van der Waals surface area contributed by atoms with Crippen LogP contribution in [0.15, 0.2) is 24.3 Å². The molecular formula is C19H27F3N2O2. The summed E-state index contributed by atoms with van der Waals surface area (Å²) >= 11 is 0. The van der Waals surface area contributed by atoms with Crippen LogP contribution in [0.25, 0.3) is 0 Å². The highest BCUT2D eigenvalue weighted by molar-refractivity contribution is 5.77. The molecule has 0 radical (unpaired) electrons. The highest BCUT2D eigenvalue weighted by atomic mass is 19.4. The molecule has 1 fully saturated rings. The number of benzene rings is 1. The van der Waals surface area contributed by atoms with E-state index in [0.29, 0.717) is 26.2 Å². The van der Waals surface area contributed by atoms with E-state index in [1.165, 1.54) is 12.1 Å². The molecule has 0 saturated carbocycles. The van der Waals surface area contributed by atoms with Gasteiger partial charge in [-0.25, -0.2) is 0 Å². The summed E-state index contributed by atoms with van der Waals surface area (Å²) in [5.41, 5.74) is 4.95. The average Bonchev–Trinajstić information content (AvgIpc) is 2.61. The van der Waals surface area contributed by atoms with Gasteiger partial charge in [0, 0.05) is 26.1 Å². The Morgan fingerprint density at radius 2 is 1.96 bits per heavy atom. The molecule has 1 heterocycles. The normalized spacial score (nSPS) is 17.3. The lowest BCUT2D eigenvalue weighted by Crippen LogP contribution is -2.41. The number of piperidine rings is 1. The van der Waals surface area contributed by atoms with Crippen LogP contribution in [0, 0.1) is 0 Å². The van der Waals surface area contributed by atoms with Gasteiger partial charge in [0.1, 0.15) is 0 Å². The molecule has 0 bridgehead atoms. The number of nitrogens with two attached hydrogens (primary N) is 1. The molecule has 146 valence electrons. The van der Waals surface area contributed by atoms with Gasteiger partial charge >= 0.3 is 6.18 Å². The highest BCUT2D eigenvalue weighted by Crippen LogP contribution is 2.36. The summed E-state index contributed by atoms with van der Waals surface area (Å²) in [7, 11) is 0. The molecule has 2 N–H and O–H groups in total. The van der Waals surface area contributed by atoms with E-state index in [4.69, 9.17) is 10.5 Å². The Bertz CT molecular complexity index is 584. The van der Waals surface area contributed by atoms with Gasteiger partial charge in [0.25, 0.3) is 0 Å². The number of hydrogen-bond acceptors (Lipinski definition) is 3. The third kappa shape index (κ3) is 5.71. The van der Waals surface area contributed by atoms with E-state index < -0.39 is 17.7 Å². The fraction of sp³-hybridized carbons (Fsp3) is 0.632. The summed E-state index contributed by atoms with van der Waals surface area (Å²) in [5, 5.41) is 0. The summed E-state index contributed by atoms with van der Waals surface area (Å²) in [6.45, 7) is 4.06. The van der Waals surface area contributed by atoms with Crippen molar-refractivity contribution < 1.29 is 22.7 Å². The topological polar surface area (TPSA) is 55.6 Å². The van der Waals surface area contributed by atoms with Gasteiger partial charge in [0.2, 0.25) is 5.91 Å². The largest absolute Gasteiger partial charge is 0.416 e. The third-order valence-electron chi connectivity index (χ3n) is 4.77. The molecule has 1 unspecified atom stereocenters. The van der Waals surface area contributed by atoms with Gasteiger partial charge in [-0.2, -0.15) is 13.2 Å². The Hall–Kier alpha value is -1.60. The van der Waals surface area contributed by atoms with Crippen LogP contribution in [-0.2, 0) is 15.7 Å². The van der Waals surface area contributed by atoms with Crippen molar-refractivity contribution in [2.24, 2.45) is 5.73 Å². The van der Waals surface area contributed by atoms with E-state index in [2.05, 4.69) is 0 Å². The second-order valence-corrected chi connectivity index (χ2v) is 6.78. The minimum Gasteiger partial charge on any atom is -0.378 e. The minimum atomic E-state index is -4.41. The summed E-state index contributed by atoms with van der Waals surface area (Å²) in [5.74, 6) is -0.589. The SMILES string of the molecule is CC(CC(=O)N1CCC(OCCCN)CC1)c1ccccc1C(F)(F)F. The lowest BCUT2D eigenvalue weighted by molar-refractivity contribution is -0.139. The minimum absolute atomic E-state index is 0.0752. The lowest BCUT2D eigenvalue weighted by atomic mass is 9.92. The third-order valence-corrected chi connectivity index (χ3v) is 4.77. The fourth-order valence-electron chi connectivity index (χ4n) is 3.29. The number of alkyl halides is 3. The van der Waals surface area contributed by atoms with Crippen molar-refractivity contribution in [3.05, 3.63) is 35.4 Å². The summed E-state index contributed by atoms with van der Waals surface area (Å²) in [6.07, 6.45) is -1.88. The average molecular weight is 372 g/mol. The van der Waals surface area contributed by atoms with Crippen molar-refractivity contribution in [1.82, 2.24) is 4.90 Å². The van der Waals surface area contributed by atoms with Crippen LogP contribution < -0.4 is 5.73 Å². The summed E-state index contributed by atoms with van der Waals surface area (Å²) in [6, 6.07) is 5.48. The van der Waals surface area contributed by atoms with Gasteiger partial charge in [0.15, 0.2) is 0 Å². The number of hydrogen-bond donors (Lipinski definition) is 1. The molecule has 1 saturated heterocycles. The Kier molecular flexibility index (Phi) is 7.46. The van der Waals surface area contributed by atoms with E-state index in [-0.39, 0.29) is 24.0 Å². The summed E-state index contributed by atoms with van der Waals surface area (Å²) < 4.78 is 45.2. The van der Waals surface area contributed by atoms with E-state index in [0.717, 1.165) is 25.3 Å². The van der Waals surface area contributed by atoms with Crippen molar-refractivity contribution in [2.45, 2.75) is 50.8 Å². The monoisotopic (exact) mass is 372 g/mol. The number of ether oxygens (including phenoxy) is 1. The first-order valence-electron chi connectivity index (χ1n) is 9.08. The molecule has 2 rings (SSSR count). The van der Waals surface area contributed by atoms with Gasteiger partial charge in [-0.15, -0.1) is 0 Å². The second kappa shape index (κ2) is 9.37. The Balaban J connectivity index is 1.89. The predicted octanol–water partition coefficient (Wildman–Crippen LogP) is 3.56. The van der Waals surface area contributed by atoms with Crippen LogP contribution >= 0.6 is 0 Å². The maximum atomic E-state index is 13.2. The number of nitrogens with zero attached hydrogens (tertiary/aromatic N) is 1. The standard InChI is InChI=1S/C19H27F3N2O2/c1-14(16-5-2-3-6-17(16)19(20,21)22)13-18(25)24-10-7-15(8-11-24)26-12-4-9-23/h2-3,5-6,14-15H,4,7-13,23H2,1H3. The number of likely N-dealkylation sites (tertiary alicyclic amines) is 1. The van der Waals surface area contributed by atoms with Gasteiger partial charge in [-0.1, -0.05) is 25.1 Å². The highest BCUT2D eigenvalue weighted by Gasteiger charge is 2.35. The molecule has 7 heteroatoms. The zero-order valence-electron chi connectivity index (χ0n) is 15.1. The second-order valence-electron chi connectivity index (χ2n) is 6.78. The molecule has 1 amide bonds. The number of halogens is 3. The quantitative estimate of drug-likeness (QED) is 0.745. The summed E-state index contributed by atoms with van der Waals surface area (Å²) in [4.78, 5) is 14.2. The first-order valence-corrected chi connectivity index (χ1v) is 9.08. The molecule has 1 atom stereocenters. The smallest absolute Gasteiger partial charge is 0.378 e. The van der Waals surface area contributed by atoms with Gasteiger partial charge in [-0.05, 0) is 43.4 Å². The van der Waals surface area contributed by atoms with Crippen LogP contribution in [0.2, 0.25) is 0 Å². The fourth-order valence-corrected chi connectivity index (χ4v) is 3.29. The molecule has 1 aromatic carbocycles. The molecule has 1 aliphatic rings. The Morgan fingerprint density at radius 3 is 2.58 bits per heavy atom. The van der Waals surface area contributed by atoms with Crippen molar-refractivity contribution in [1.29, 1.82) is 0 Å². The van der Waals surface area contributed by atoms with E-state index in [9.17, 15) is 18.0 Å². The number of rotatable bonds is 7. The molecule has 26 heavy (non-hydrogen) atoms. The Morgan fingerprint density at radius 1 is 1.31 bits per heavy atom. The van der Waals surface area contributed by atoms with E-state index >= 15 is 0 Å². The van der Waals surface area contributed by atoms with Gasteiger partial charge in [-0.3, -0.25) is 4.79 Å². The first kappa shape index (κ1) is 20.7. The molecule has 4 nitrogen and oxygen atoms in total. The van der Waals surface area contributed by atoms with Crippen LogP contribution in [-0.4, -0.2) is 43.2 Å². The van der Waals surface area contributed by atoms with Crippen LogP contribution in [0.5, 0.6) is 0 Å². The van der Waals surface area contributed by atoms with Gasteiger partial charge in [0.05, 0.1) is 11.7 Å². The molecule has 0 spiro atoms. The molecule has 1 aliphatic heterocycles. The maximum Gasteiger partial charge on any atom is 0.416 e. The molecule has 1 aromatic rings. The van der Waals surface area contributed by atoms with Crippen LogP contribution in [0.3, 0.4) is 0 Å².